The van der Waals surface area contributed by atoms with Gasteiger partial charge in [0.25, 0.3) is 0 Å². The molecule has 0 radical (unpaired) electrons. The Morgan fingerprint density at radius 2 is 1.88 bits per heavy atom. The van der Waals surface area contributed by atoms with Crippen LogP contribution >= 0.6 is 0 Å². The third kappa shape index (κ3) is 9.69. The van der Waals surface area contributed by atoms with Gasteiger partial charge in [0.05, 0.1) is 6.10 Å². The zero-order chi connectivity index (χ0) is 5.86. The van der Waals surface area contributed by atoms with E-state index in [-0.39, 0.29) is 41.6 Å². The van der Waals surface area contributed by atoms with Crippen LogP contribution in [-0.2, 0) is 9.53 Å². The fraction of sp³-hybridized carbons (Fsp3) is 0.800. The van der Waals surface area contributed by atoms with Crippen molar-refractivity contribution in [2.45, 2.75) is 26.9 Å². The fourth-order valence-electron chi connectivity index (χ4n) is 0.332. The van der Waals surface area contributed by atoms with Crippen molar-refractivity contribution < 1.29 is 9.53 Å². The molecular formula is C5H11NaO2. The minimum atomic E-state index is -0.213. The molecule has 0 saturated carbocycles. The van der Waals surface area contributed by atoms with Crippen LogP contribution in [0, 0.1) is 0 Å². The van der Waals surface area contributed by atoms with Gasteiger partial charge in [-0.25, -0.2) is 0 Å². The molecule has 0 aliphatic carbocycles. The van der Waals surface area contributed by atoms with Crippen LogP contribution in [0.3, 0.4) is 0 Å². The summed E-state index contributed by atoms with van der Waals surface area (Å²) in [7, 11) is 0. The molecule has 0 amide bonds. The summed E-state index contributed by atoms with van der Waals surface area (Å²) in [6, 6.07) is 0. The van der Waals surface area contributed by atoms with Crippen molar-refractivity contribution >= 4 is 35.5 Å². The number of carbonyl (C=O) groups excluding carboxylic acids is 1. The van der Waals surface area contributed by atoms with Gasteiger partial charge in [0.2, 0.25) is 0 Å². The summed E-state index contributed by atoms with van der Waals surface area (Å²) in [5.74, 6) is -0.213. The Morgan fingerprint density at radius 3 is 1.88 bits per heavy atom. The summed E-state index contributed by atoms with van der Waals surface area (Å²) in [6.45, 7) is 5.04. The quantitative estimate of drug-likeness (QED) is 0.373. The molecule has 0 spiro atoms. The van der Waals surface area contributed by atoms with Crippen molar-refractivity contribution in [3.05, 3.63) is 0 Å². The van der Waals surface area contributed by atoms with E-state index in [1.807, 2.05) is 13.8 Å². The molecule has 0 bridgehead atoms. The summed E-state index contributed by atoms with van der Waals surface area (Å²) in [5, 5.41) is 0. The standard InChI is InChI=1S/C5H10O2.Na.H/c1-4(2)7-5(3)6;;/h4H,1-3H3;;. The summed E-state index contributed by atoms with van der Waals surface area (Å²) >= 11 is 0. The van der Waals surface area contributed by atoms with Crippen LogP contribution in [0.1, 0.15) is 20.8 Å². The molecule has 0 aromatic carbocycles. The first-order chi connectivity index (χ1) is 3.13. The van der Waals surface area contributed by atoms with E-state index in [9.17, 15) is 4.79 Å². The van der Waals surface area contributed by atoms with Crippen molar-refractivity contribution in [1.82, 2.24) is 0 Å². The third-order valence-corrected chi connectivity index (χ3v) is 0.402. The molecule has 0 saturated heterocycles. The monoisotopic (exact) mass is 126 g/mol. The van der Waals surface area contributed by atoms with Gasteiger partial charge in [0, 0.05) is 6.92 Å². The van der Waals surface area contributed by atoms with Gasteiger partial charge in [-0.1, -0.05) is 0 Å². The second-order valence-corrected chi connectivity index (χ2v) is 1.66. The van der Waals surface area contributed by atoms with Gasteiger partial charge in [0.1, 0.15) is 0 Å². The van der Waals surface area contributed by atoms with E-state index < -0.39 is 0 Å². The Morgan fingerprint density at radius 1 is 1.50 bits per heavy atom. The second kappa shape index (κ2) is 5.60. The summed E-state index contributed by atoms with van der Waals surface area (Å²) in [5.41, 5.74) is 0. The molecule has 44 valence electrons. The first-order valence-electron chi connectivity index (χ1n) is 2.30. The topological polar surface area (TPSA) is 26.3 Å². The van der Waals surface area contributed by atoms with E-state index in [2.05, 4.69) is 4.74 Å². The van der Waals surface area contributed by atoms with Crippen LogP contribution in [0.2, 0.25) is 0 Å². The molecule has 2 nitrogen and oxygen atoms in total. The molecule has 0 aliphatic heterocycles. The van der Waals surface area contributed by atoms with Crippen molar-refractivity contribution in [2.75, 3.05) is 0 Å². The number of hydrogen-bond acceptors (Lipinski definition) is 2. The Hall–Kier alpha value is 0.470. The molecule has 3 heteroatoms. The molecule has 0 N–H and O–H groups in total. The SMILES string of the molecule is CC(=O)OC(C)C.[NaH]. The average molecular weight is 126 g/mol. The molecule has 0 aromatic heterocycles. The van der Waals surface area contributed by atoms with E-state index in [0.29, 0.717) is 0 Å². The predicted molar refractivity (Wildman–Crippen MR) is 34.1 cm³/mol. The van der Waals surface area contributed by atoms with Crippen molar-refractivity contribution in [1.29, 1.82) is 0 Å². The zero-order valence-corrected chi connectivity index (χ0v) is 4.89. The summed E-state index contributed by atoms with van der Waals surface area (Å²) in [6.07, 6.45) is 0.0255. The molecule has 0 unspecified atom stereocenters. The van der Waals surface area contributed by atoms with Gasteiger partial charge in [-0.05, 0) is 13.8 Å². The van der Waals surface area contributed by atoms with E-state index >= 15 is 0 Å². The molecule has 0 fully saturated rings. The number of hydrogen-bond donors (Lipinski definition) is 0. The first-order valence-corrected chi connectivity index (χ1v) is 2.30. The molecule has 0 aliphatic rings. The molecule has 0 heterocycles. The van der Waals surface area contributed by atoms with Crippen molar-refractivity contribution in [3.63, 3.8) is 0 Å². The second-order valence-electron chi connectivity index (χ2n) is 1.66. The number of rotatable bonds is 1. The van der Waals surface area contributed by atoms with Crippen molar-refractivity contribution in [2.24, 2.45) is 0 Å². The van der Waals surface area contributed by atoms with Gasteiger partial charge < -0.3 is 4.74 Å². The maximum atomic E-state index is 10.0. The Labute approximate surface area is 71.9 Å². The van der Waals surface area contributed by atoms with Crippen LogP contribution in [0.5, 0.6) is 0 Å². The molecule has 8 heavy (non-hydrogen) atoms. The van der Waals surface area contributed by atoms with Gasteiger partial charge >= 0.3 is 35.5 Å². The number of esters is 1. The molecule has 0 aromatic rings. The minimum absolute atomic E-state index is 0. The normalized spacial score (nSPS) is 8.00. The van der Waals surface area contributed by atoms with Crippen LogP contribution in [0.25, 0.3) is 0 Å². The number of carbonyl (C=O) groups is 1. The molecule has 0 atom stereocenters. The van der Waals surface area contributed by atoms with E-state index in [0.717, 1.165) is 0 Å². The Balaban J connectivity index is 0. The van der Waals surface area contributed by atoms with Crippen LogP contribution < -0.4 is 0 Å². The molecular weight excluding hydrogens is 115 g/mol. The summed E-state index contributed by atoms with van der Waals surface area (Å²) in [4.78, 5) is 10.0. The Kier molecular flexibility index (Phi) is 7.91. The predicted octanol–water partition coefficient (Wildman–Crippen LogP) is 0.309. The van der Waals surface area contributed by atoms with Crippen molar-refractivity contribution in [3.8, 4) is 0 Å². The van der Waals surface area contributed by atoms with Gasteiger partial charge in [-0.2, -0.15) is 0 Å². The van der Waals surface area contributed by atoms with Crippen LogP contribution in [0.15, 0.2) is 0 Å². The van der Waals surface area contributed by atoms with Gasteiger partial charge in [-0.3, -0.25) is 4.79 Å². The molecule has 0 rings (SSSR count). The third-order valence-electron chi connectivity index (χ3n) is 0.402. The van der Waals surface area contributed by atoms with Gasteiger partial charge in [-0.15, -0.1) is 0 Å². The fourth-order valence-corrected chi connectivity index (χ4v) is 0.332. The average Bonchev–Trinajstić information content (AvgIpc) is 1.27. The van der Waals surface area contributed by atoms with E-state index in [4.69, 9.17) is 0 Å². The van der Waals surface area contributed by atoms with E-state index in [1.165, 1.54) is 6.92 Å². The van der Waals surface area contributed by atoms with E-state index in [1.54, 1.807) is 0 Å². The zero-order valence-electron chi connectivity index (χ0n) is 4.89. The van der Waals surface area contributed by atoms with Crippen LogP contribution in [-0.4, -0.2) is 41.6 Å². The number of ether oxygens (including phenoxy) is 1. The summed E-state index contributed by atoms with van der Waals surface area (Å²) < 4.78 is 4.61. The van der Waals surface area contributed by atoms with Gasteiger partial charge in [0.15, 0.2) is 0 Å². The Bertz CT molecular complexity index is 70.8. The first kappa shape index (κ1) is 11.3. The van der Waals surface area contributed by atoms with Crippen LogP contribution in [0.4, 0.5) is 0 Å². The maximum absolute atomic E-state index is 10.0.